The van der Waals surface area contributed by atoms with Crippen LogP contribution in [-0.4, -0.2) is 61.3 Å². The zero-order valence-electron chi connectivity index (χ0n) is 16.8. The molecule has 0 aliphatic carbocycles. The predicted octanol–water partition coefficient (Wildman–Crippen LogP) is 3.65. The van der Waals surface area contributed by atoms with E-state index in [4.69, 9.17) is 21.1 Å². The molecule has 0 bridgehead atoms. The fourth-order valence-electron chi connectivity index (χ4n) is 3.39. The van der Waals surface area contributed by atoms with Crippen LogP contribution in [0.3, 0.4) is 0 Å². The number of hydrogen-bond acceptors (Lipinski definition) is 6. The third-order valence-electron chi connectivity index (χ3n) is 5.00. The molecule has 0 saturated carbocycles. The maximum atomic E-state index is 12.8. The Bertz CT molecular complexity index is 1070. The average molecular weight is 428 g/mol. The van der Waals surface area contributed by atoms with Crippen LogP contribution in [0.1, 0.15) is 0 Å². The molecule has 2 heterocycles. The summed E-state index contributed by atoms with van der Waals surface area (Å²) in [5, 5.41) is 3.37. The molecule has 1 aliphatic heterocycles. The second kappa shape index (κ2) is 8.62. The molecule has 4 rings (SSSR count). The molecule has 3 aromatic rings. The highest BCUT2D eigenvalue weighted by molar-refractivity contribution is 6.31. The summed E-state index contributed by atoms with van der Waals surface area (Å²) >= 11 is 6.05. The van der Waals surface area contributed by atoms with E-state index >= 15 is 0 Å². The molecule has 0 spiro atoms. The lowest BCUT2D eigenvalue weighted by Gasteiger charge is -2.36. The number of hydrogen-bond donors (Lipinski definition) is 1. The van der Waals surface area contributed by atoms with Crippen molar-refractivity contribution < 1.29 is 14.3 Å². The van der Waals surface area contributed by atoms with Gasteiger partial charge < -0.3 is 19.3 Å². The molecule has 2 amide bonds. The van der Waals surface area contributed by atoms with Gasteiger partial charge in [0, 0.05) is 43.0 Å². The van der Waals surface area contributed by atoms with E-state index in [9.17, 15) is 4.79 Å². The van der Waals surface area contributed by atoms with Crippen molar-refractivity contribution in [3.05, 3.63) is 47.5 Å². The summed E-state index contributed by atoms with van der Waals surface area (Å²) in [7, 11) is 3.15. The van der Waals surface area contributed by atoms with Crippen molar-refractivity contribution >= 4 is 40.2 Å². The predicted molar refractivity (Wildman–Crippen MR) is 117 cm³/mol. The maximum Gasteiger partial charge on any atom is 0.323 e. The van der Waals surface area contributed by atoms with Crippen molar-refractivity contribution in [1.29, 1.82) is 0 Å². The maximum absolute atomic E-state index is 12.8. The molecule has 1 aliphatic rings. The number of anilines is 2. The molecular weight excluding hydrogens is 406 g/mol. The Hall–Kier alpha value is -3.26. The number of carbonyl (C=O) groups excluding carboxylic acids is 1. The summed E-state index contributed by atoms with van der Waals surface area (Å²) in [4.78, 5) is 25.7. The summed E-state index contributed by atoms with van der Waals surface area (Å²) in [5.74, 6) is 1.34. The van der Waals surface area contributed by atoms with Gasteiger partial charge in [-0.1, -0.05) is 17.7 Å². The van der Waals surface area contributed by atoms with Crippen LogP contribution in [-0.2, 0) is 0 Å². The van der Waals surface area contributed by atoms with Gasteiger partial charge in [0.15, 0.2) is 5.82 Å². The summed E-state index contributed by atoms with van der Waals surface area (Å²) in [6.07, 6.45) is 0. The van der Waals surface area contributed by atoms with Gasteiger partial charge in [-0.15, -0.1) is 0 Å². The van der Waals surface area contributed by atoms with Gasteiger partial charge in [0.25, 0.3) is 5.88 Å². The van der Waals surface area contributed by atoms with Gasteiger partial charge >= 0.3 is 6.03 Å². The van der Waals surface area contributed by atoms with Crippen LogP contribution in [0.5, 0.6) is 11.6 Å². The quantitative estimate of drug-likeness (QED) is 0.684. The van der Waals surface area contributed by atoms with Crippen LogP contribution in [0.2, 0.25) is 5.02 Å². The minimum Gasteiger partial charge on any atom is -0.497 e. The van der Waals surface area contributed by atoms with Gasteiger partial charge in [0.1, 0.15) is 5.75 Å². The second-order valence-corrected chi connectivity index (χ2v) is 7.26. The molecule has 0 atom stereocenters. The van der Waals surface area contributed by atoms with Crippen molar-refractivity contribution in [3.8, 4) is 11.6 Å². The van der Waals surface area contributed by atoms with Crippen LogP contribution < -0.4 is 19.7 Å². The summed E-state index contributed by atoms with van der Waals surface area (Å²) in [6, 6.07) is 12.9. The van der Waals surface area contributed by atoms with E-state index in [1.54, 1.807) is 30.2 Å². The van der Waals surface area contributed by atoms with E-state index < -0.39 is 0 Å². The first kappa shape index (κ1) is 20.0. The lowest BCUT2D eigenvalue weighted by Crippen LogP contribution is -2.50. The standard InChI is InChI=1S/C21H22ClN5O3/c1-29-16-5-3-4-15(13-16)26-8-10-27(11-9-26)21(28)25-19-20(30-2)24-17-7-6-14(22)12-18(17)23-19/h3-7,12-13H,8-11H2,1-2H3,(H,23,25,28). The minimum atomic E-state index is -0.241. The molecule has 8 nitrogen and oxygen atoms in total. The highest BCUT2D eigenvalue weighted by Gasteiger charge is 2.23. The molecule has 1 aromatic heterocycles. The largest absolute Gasteiger partial charge is 0.497 e. The molecule has 0 radical (unpaired) electrons. The van der Waals surface area contributed by atoms with Gasteiger partial charge in [0.2, 0.25) is 0 Å². The number of nitrogens with one attached hydrogen (secondary N) is 1. The van der Waals surface area contributed by atoms with Gasteiger partial charge in [0.05, 0.1) is 25.3 Å². The summed E-state index contributed by atoms with van der Waals surface area (Å²) in [5.41, 5.74) is 2.30. The van der Waals surface area contributed by atoms with Crippen molar-refractivity contribution in [2.45, 2.75) is 0 Å². The molecule has 0 unspecified atom stereocenters. The van der Waals surface area contributed by atoms with Crippen molar-refractivity contribution in [1.82, 2.24) is 14.9 Å². The zero-order valence-corrected chi connectivity index (χ0v) is 17.5. The highest BCUT2D eigenvalue weighted by Crippen LogP contribution is 2.26. The second-order valence-electron chi connectivity index (χ2n) is 6.82. The number of fused-ring (bicyclic) bond motifs is 1. The number of methoxy groups -OCH3 is 2. The van der Waals surface area contributed by atoms with E-state index in [1.807, 2.05) is 24.3 Å². The Morgan fingerprint density at radius 3 is 2.53 bits per heavy atom. The van der Waals surface area contributed by atoms with Gasteiger partial charge in [-0.3, -0.25) is 5.32 Å². The fraction of sp³-hybridized carbons (Fsp3) is 0.286. The smallest absolute Gasteiger partial charge is 0.323 e. The van der Waals surface area contributed by atoms with Gasteiger partial charge in [-0.25, -0.2) is 14.8 Å². The molecule has 9 heteroatoms. The Morgan fingerprint density at radius 2 is 1.80 bits per heavy atom. The van der Waals surface area contributed by atoms with Crippen molar-refractivity contribution in [3.63, 3.8) is 0 Å². The number of aromatic nitrogens is 2. The minimum absolute atomic E-state index is 0.241. The Labute approximate surface area is 179 Å². The molecule has 1 fully saturated rings. The highest BCUT2D eigenvalue weighted by atomic mass is 35.5. The van der Waals surface area contributed by atoms with Crippen LogP contribution >= 0.6 is 11.6 Å². The van der Waals surface area contributed by atoms with E-state index in [0.717, 1.165) is 24.5 Å². The number of piperazine rings is 1. The molecule has 2 aromatic carbocycles. The Morgan fingerprint density at radius 1 is 1.00 bits per heavy atom. The third-order valence-corrected chi connectivity index (χ3v) is 5.23. The van der Waals surface area contributed by atoms with E-state index in [2.05, 4.69) is 20.2 Å². The lowest BCUT2D eigenvalue weighted by molar-refractivity contribution is 0.208. The number of benzene rings is 2. The molecule has 1 saturated heterocycles. The van der Waals surface area contributed by atoms with Crippen molar-refractivity contribution in [2.24, 2.45) is 0 Å². The first-order chi connectivity index (χ1) is 14.6. The van der Waals surface area contributed by atoms with Gasteiger partial charge in [-0.2, -0.15) is 0 Å². The van der Waals surface area contributed by atoms with Crippen LogP contribution in [0.25, 0.3) is 11.0 Å². The first-order valence-corrected chi connectivity index (χ1v) is 9.91. The van der Waals surface area contributed by atoms with E-state index in [1.165, 1.54) is 7.11 Å². The normalized spacial score (nSPS) is 14.0. The number of carbonyl (C=O) groups is 1. The number of urea groups is 1. The number of halogens is 1. The first-order valence-electron chi connectivity index (χ1n) is 9.53. The van der Waals surface area contributed by atoms with Crippen molar-refractivity contribution in [2.75, 3.05) is 50.6 Å². The van der Waals surface area contributed by atoms with Crippen LogP contribution in [0.4, 0.5) is 16.3 Å². The Kier molecular flexibility index (Phi) is 5.76. The number of rotatable bonds is 4. The number of ether oxygens (including phenoxy) is 2. The third kappa shape index (κ3) is 4.18. The molecular formula is C21H22ClN5O3. The summed E-state index contributed by atoms with van der Waals surface area (Å²) in [6.45, 7) is 2.60. The molecule has 30 heavy (non-hydrogen) atoms. The Balaban J connectivity index is 1.44. The number of nitrogens with zero attached hydrogens (tertiary/aromatic N) is 4. The number of amides is 2. The fourth-order valence-corrected chi connectivity index (χ4v) is 3.56. The van der Waals surface area contributed by atoms with Crippen LogP contribution in [0.15, 0.2) is 42.5 Å². The van der Waals surface area contributed by atoms with E-state index in [0.29, 0.717) is 29.1 Å². The topological polar surface area (TPSA) is 79.8 Å². The monoisotopic (exact) mass is 427 g/mol. The SMILES string of the molecule is COc1cccc(N2CCN(C(=O)Nc3nc4cc(Cl)ccc4nc3OC)CC2)c1. The molecule has 1 N–H and O–H groups in total. The van der Waals surface area contributed by atoms with E-state index in [-0.39, 0.29) is 17.7 Å². The lowest BCUT2D eigenvalue weighted by atomic mass is 10.2. The van der Waals surface area contributed by atoms with Crippen LogP contribution in [0, 0.1) is 0 Å². The summed E-state index contributed by atoms with van der Waals surface area (Å²) < 4.78 is 10.6. The molecule has 156 valence electrons. The average Bonchev–Trinajstić information content (AvgIpc) is 2.78. The zero-order chi connectivity index (χ0) is 21.1. The van der Waals surface area contributed by atoms with Gasteiger partial charge in [-0.05, 0) is 30.3 Å².